The standard InChI is InChI=1S/C29H53N3O4S4/c1-2-32-23-24(35-19-7-3-4-12-26-15-21-39-40-26)22-27(32)30-16-17-31-28(13-8-18-33)36-29(34)14-6-5-10-25(38)11-9-20-37/h3-4,7,19,24-28,30-31,33,37-38H,2,5-6,8-18,20-23H2,1H3. The summed E-state index contributed by atoms with van der Waals surface area (Å²) < 4.78 is 11.7. The van der Waals surface area contributed by atoms with Crippen molar-refractivity contribution in [2.24, 2.45) is 0 Å². The Hall–Kier alpha value is -0.0100. The maximum absolute atomic E-state index is 12.4. The van der Waals surface area contributed by atoms with E-state index in [1.165, 1.54) is 12.2 Å². The van der Waals surface area contributed by atoms with Crippen LogP contribution in [0.25, 0.3) is 0 Å². The van der Waals surface area contributed by atoms with Crippen LogP contribution in [-0.4, -0.2) is 89.3 Å². The summed E-state index contributed by atoms with van der Waals surface area (Å²) in [7, 11) is 3.99. The number of unbranched alkanes of at least 4 members (excludes halogenated alkanes) is 1. The molecule has 2 aliphatic heterocycles. The second kappa shape index (κ2) is 23.4. The minimum atomic E-state index is -0.374. The maximum atomic E-state index is 12.4. The Morgan fingerprint density at radius 1 is 1.18 bits per heavy atom. The Labute approximate surface area is 262 Å². The number of allylic oxidation sites excluding steroid dienone is 3. The van der Waals surface area contributed by atoms with E-state index in [9.17, 15) is 9.90 Å². The molecule has 0 amide bonds. The number of nitrogens with one attached hydrogen (secondary N) is 2. The number of hydrogen-bond acceptors (Lipinski definition) is 11. The third-order valence-corrected chi connectivity index (χ3v) is 10.9. The highest BCUT2D eigenvalue weighted by Crippen LogP contribution is 2.39. The van der Waals surface area contributed by atoms with Gasteiger partial charge in [-0.3, -0.25) is 15.0 Å². The molecular formula is C29H53N3O4S4. The fraction of sp³-hybridized carbons (Fsp3) is 0.828. The van der Waals surface area contributed by atoms with Crippen molar-refractivity contribution in [2.75, 3.05) is 44.3 Å². The number of likely N-dealkylation sites (N-methyl/N-ethyl adjacent to an activating group) is 1. The largest absolute Gasteiger partial charge is 0.497 e. The van der Waals surface area contributed by atoms with Gasteiger partial charge in [0.05, 0.1) is 12.4 Å². The van der Waals surface area contributed by atoms with Crippen molar-refractivity contribution in [3.8, 4) is 0 Å². The molecule has 0 radical (unpaired) electrons. The molecule has 2 rings (SSSR count). The van der Waals surface area contributed by atoms with E-state index in [0.717, 1.165) is 75.6 Å². The quantitative estimate of drug-likeness (QED) is 0.0192. The number of likely N-dealkylation sites (tertiary alicyclic amines) is 1. The maximum Gasteiger partial charge on any atom is 0.307 e. The molecule has 0 aromatic carbocycles. The van der Waals surface area contributed by atoms with Crippen molar-refractivity contribution in [1.29, 1.82) is 0 Å². The van der Waals surface area contributed by atoms with Crippen LogP contribution in [0.1, 0.15) is 77.6 Å². The molecule has 3 N–H and O–H groups in total. The number of hydrogen-bond donors (Lipinski definition) is 5. The molecule has 11 heteroatoms. The molecule has 5 unspecified atom stereocenters. The molecule has 0 saturated carbocycles. The van der Waals surface area contributed by atoms with E-state index in [-0.39, 0.29) is 31.1 Å². The number of ether oxygens (including phenoxy) is 2. The highest BCUT2D eigenvalue weighted by Gasteiger charge is 2.31. The fourth-order valence-corrected chi connectivity index (χ4v) is 8.30. The Balaban J connectivity index is 1.62. The number of aliphatic hydroxyl groups is 1. The molecule has 0 bridgehead atoms. The monoisotopic (exact) mass is 635 g/mol. The third kappa shape index (κ3) is 16.6. The molecule has 0 spiro atoms. The van der Waals surface area contributed by atoms with Gasteiger partial charge < -0.3 is 19.9 Å². The van der Waals surface area contributed by atoms with Crippen LogP contribution in [0.2, 0.25) is 0 Å². The molecule has 5 atom stereocenters. The van der Waals surface area contributed by atoms with Crippen LogP contribution < -0.4 is 10.6 Å². The molecule has 232 valence electrons. The van der Waals surface area contributed by atoms with Gasteiger partial charge in [-0.15, -0.1) is 0 Å². The van der Waals surface area contributed by atoms with Gasteiger partial charge in [0.1, 0.15) is 6.10 Å². The normalized spacial score (nSPS) is 23.4. The number of carbonyl (C=O) groups is 1. The number of esters is 1. The zero-order valence-corrected chi connectivity index (χ0v) is 27.7. The van der Waals surface area contributed by atoms with Gasteiger partial charge in [-0.05, 0) is 63.3 Å². The van der Waals surface area contributed by atoms with Gasteiger partial charge in [-0.2, -0.15) is 25.3 Å². The molecule has 2 heterocycles. The highest BCUT2D eigenvalue weighted by molar-refractivity contribution is 8.77. The summed E-state index contributed by atoms with van der Waals surface area (Å²) in [4.78, 5) is 14.8. The van der Waals surface area contributed by atoms with Crippen LogP contribution in [-0.2, 0) is 14.3 Å². The van der Waals surface area contributed by atoms with E-state index in [1.54, 1.807) is 0 Å². The van der Waals surface area contributed by atoms with Crippen LogP contribution >= 0.6 is 46.8 Å². The van der Waals surface area contributed by atoms with Gasteiger partial charge in [0.25, 0.3) is 0 Å². The first-order valence-electron chi connectivity index (χ1n) is 15.1. The minimum absolute atomic E-state index is 0.0848. The first-order valence-corrected chi connectivity index (χ1v) is 18.6. The van der Waals surface area contributed by atoms with Crippen LogP contribution in [0.4, 0.5) is 0 Å². The lowest BCUT2D eigenvalue weighted by molar-refractivity contribution is -0.151. The average Bonchev–Trinajstić information content (AvgIpc) is 3.62. The Bertz CT molecular complexity index is 713. The first-order chi connectivity index (χ1) is 19.5. The first kappa shape index (κ1) is 36.2. The average molecular weight is 636 g/mol. The van der Waals surface area contributed by atoms with Crippen LogP contribution in [0.5, 0.6) is 0 Å². The van der Waals surface area contributed by atoms with E-state index in [0.29, 0.717) is 31.1 Å². The van der Waals surface area contributed by atoms with Crippen molar-refractivity contribution >= 4 is 52.8 Å². The van der Waals surface area contributed by atoms with E-state index in [2.05, 4.69) is 59.9 Å². The zero-order chi connectivity index (χ0) is 28.8. The second-order valence-electron chi connectivity index (χ2n) is 10.4. The number of nitrogens with zero attached hydrogens (tertiary/aromatic N) is 1. The molecular weight excluding hydrogens is 583 g/mol. The summed E-state index contributed by atoms with van der Waals surface area (Å²) in [6.45, 7) is 5.57. The van der Waals surface area contributed by atoms with E-state index < -0.39 is 0 Å². The van der Waals surface area contributed by atoms with Gasteiger partial charge in [0, 0.05) is 61.8 Å². The lowest BCUT2D eigenvalue weighted by atomic mass is 10.1. The Morgan fingerprint density at radius 3 is 2.77 bits per heavy atom. The Morgan fingerprint density at radius 2 is 2.02 bits per heavy atom. The number of thiol groups is 2. The fourth-order valence-electron chi connectivity index (χ4n) is 4.85. The third-order valence-electron chi connectivity index (χ3n) is 7.13. The van der Waals surface area contributed by atoms with Crippen molar-refractivity contribution in [2.45, 2.75) is 107 Å². The lowest BCUT2D eigenvalue weighted by Gasteiger charge is -2.24. The molecule has 2 aliphatic rings. The van der Waals surface area contributed by atoms with Crippen molar-refractivity contribution < 1.29 is 19.4 Å². The summed E-state index contributed by atoms with van der Waals surface area (Å²) in [5, 5.41) is 17.4. The van der Waals surface area contributed by atoms with Gasteiger partial charge >= 0.3 is 5.97 Å². The van der Waals surface area contributed by atoms with Gasteiger partial charge in [-0.25, -0.2) is 0 Å². The van der Waals surface area contributed by atoms with Crippen molar-refractivity contribution in [1.82, 2.24) is 15.5 Å². The predicted octanol–water partition coefficient (Wildman–Crippen LogP) is 5.43. The second-order valence-corrected chi connectivity index (χ2v) is 14.4. The SMILES string of the molecule is CCN1CC(OC=CC=CCC2CCSS2)CC1NCCNC(CCCO)OC(=O)CCCCC(S)CCCS. The van der Waals surface area contributed by atoms with Crippen LogP contribution in [0.3, 0.4) is 0 Å². The zero-order valence-electron chi connectivity index (χ0n) is 24.3. The van der Waals surface area contributed by atoms with Gasteiger partial charge in [-0.1, -0.05) is 47.1 Å². The molecule has 2 saturated heterocycles. The molecule has 0 aromatic rings. The Kier molecular flexibility index (Phi) is 21.2. The number of carbonyl (C=O) groups excluding carboxylic acids is 1. The molecule has 40 heavy (non-hydrogen) atoms. The predicted molar refractivity (Wildman–Crippen MR) is 178 cm³/mol. The number of rotatable bonds is 23. The minimum Gasteiger partial charge on any atom is -0.497 e. The topological polar surface area (TPSA) is 83.1 Å². The van der Waals surface area contributed by atoms with Crippen molar-refractivity contribution in [3.05, 3.63) is 24.5 Å². The summed E-state index contributed by atoms with van der Waals surface area (Å²) in [5.41, 5.74) is 0. The van der Waals surface area contributed by atoms with Crippen LogP contribution in [0, 0.1) is 0 Å². The van der Waals surface area contributed by atoms with E-state index >= 15 is 0 Å². The number of aliphatic hydroxyl groups excluding tert-OH is 1. The van der Waals surface area contributed by atoms with Gasteiger partial charge in [0.15, 0.2) is 6.23 Å². The highest BCUT2D eigenvalue weighted by atomic mass is 33.1. The smallest absolute Gasteiger partial charge is 0.307 e. The van der Waals surface area contributed by atoms with Gasteiger partial charge in [0.2, 0.25) is 0 Å². The summed E-state index contributed by atoms with van der Waals surface area (Å²) >= 11 is 8.86. The van der Waals surface area contributed by atoms with Crippen molar-refractivity contribution in [3.63, 3.8) is 0 Å². The molecule has 2 fully saturated rings. The van der Waals surface area contributed by atoms with Crippen LogP contribution in [0.15, 0.2) is 24.5 Å². The molecule has 0 aromatic heterocycles. The summed E-state index contributed by atoms with van der Waals surface area (Å²) in [5.74, 6) is 1.99. The molecule has 7 nitrogen and oxygen atoms in total. The summed E-state index contributed by atoms with van der Waals surface area (Å²) in [6.07, 6.45) is 18.2. The summed E-state index contributed by atoms with van der Waals surface area (Å²) in [6, 6.07) is 0. The lowest BCUT2D eigenvalue weighted by Crippen LogP contribution is -2.45. The van der Waals surface area contributed by atoms with E-state index in [4.69, 9.17) is 9.47 Å². The molecule has 0 aliphatic carbocycles. The van der Waals surface area contributed by atoms with E-state index in [1.807, 2.05) is 33.9 Å².